The summed E-state index contributed by atoms with van der Waals surface area (Å²) in [5, 5.41) is 10.5. The van der Waals surface area contributed by atoms with Gasteiger partial charge in [-0.3, -0.25) is 4.90 Å². The van der Waals surface area contributed by atoms with Gasteiger partial charge in [0.05, 0.1) is 12.8 Å². The second kappa shape index (κ2) is 9.53. The van der Waals surface area contributed by atoms with E-state index in [1.54, 1.807) is 18.4 Å². The molecule has 1 heterocycles. The molecule has 2 aromatic carbocycles. The maximum Gasteiger partial charge on any atom is 0.127 e. The van der Waals surface area contributed by atoms with Gasteiger partial charge in [0.1, 0.15) is 30.0 Å². The molecule has 148 valence electrons. The molecule has 28 heavy (non-hydrogen) atoms. The van der Waals surface area contributed by atoms with Crippen LogP contribution in [0, 0.1) is 19.7 Å². The SMILES string of the molecule is Cc1ccc(OCC(O)CN(Cc2ccco2)Cc2ccccc2F)cc1C. The van der Waals surface area contributed by atoms with Gasteiger partial charge in [-0.1, -0.05) is 24.3 Å². The Morgan fingerprint density at radius 3 is 2.57 bits per heavy atom. The number of aliphatic hydroxyl groups excluding tert-OH is 1. The number of furan rings is 1. The Morgan fingerprint density at radius 2 is 1.86 bits per heavy atom. The molecule has 1 N–H and O–H groups in total. The number of rotatable bonds is 9. The second-order valence-corrected chi connectivity index (χ2v) is 7.05. The lowest BCUT2D eigenvalue weighted by Crippen LogP contribution is -2.35. The second-order valence-electron chi connectivity index (χ2n) is 7.05. The molecule has 0 radical (unpaired) electrons. The van der Waals surface area contributed by atoms with Gasteiger partial charge in [0.25, 0.3) is 0 Å². The molecule has 0 aliphatic rings. The van der Waals surface area contributed by atoms with Crippen molar-refractivity contribution in [3.63, 3.8) is 0 Å². The Kier molecular flexibility index (Phi) is 6.85. The fourth-order valence-corrected chi connectivity index (χ4v) is 3.02. The lowest BCUT2D eigenvalue weighted by molar-refractivity contribution is 0.0600. The molecule has 0 aliphatic heterocycles. The van der Waals surface area contributed by atoms with E-state index in [2.05, 4.69) is 0 Å². The van der Waals surface area contributed by atoms with Gasteiger partial charge in [-0.05, 0) is 55.3 Å². The summed E-state index contributed by atoms with van der Waals surface area (Å²) in [6, 6.07) is 16.2. The van der Waals surface area contributed by atoms with Crippen molar-refractivity contribution in [2.24, 2.45) is 0 Å². The van der Waals surface area contributed by atoms with Crippen LogP contribution in [0.2, 0.25) is 0 Å². The van der Waals surface area contributed by atoms with Crippen LogP contribution < -0.4 is 4.74 Å². The van der Waals surface area contributed by atoms with Crippen molar-refractivity contribution in [2.45, 2.75) is 33.0 Å². The number of halogens is 1. The first-order valence-corrected chi connectivity index (χ1v) is 9.37. The predicted octanol–water partition coefficient (Wildman–Crippen LogP) is 4.48. The monoisotopic (exact) mass is 383 g/mol. The number of hydrogen-bond donors (Lipinski definition) is 1. The minimum atomic E-state index is -0.719. The minimum absolute atomic E-state index is 0.161. The van der Waals surface area contributed by atoms with Crippen LogP contribution in [-0.4, -0.2) is 29.3 Å². The summed E-state index contributed by atoms with van der Waals surface area (Å²) < 4.78 is 25.2. The lowest BCUT2D eigenvalue weighted by atomic mass is 10.1. The number of nitrogens with zero attached hydrogens (tertiary/aromatic N) is 1. The largest absolute Gasteiger partial charge is 0.491 e. The maximum atomic E-state index is 14.1. The van der Waals surface area contributed by atoms with E-state index in [9.17, 15) is 9.50 Å². The van der Waals surface area contributed by atoms with Gasteiger partial charge >= 0.3 is 0 Å². The van der Waals surface area contributed by atoms with E-state index >= 15 is 0 Å². The average molecular weight is 383 g/mol. The topological polar surface area (TPSA) is 45.8 Å². The van der Waals surface area contributed by atoms with Crippen LogP contribution in [-0.2, 0) is 13.1 Å². The molecule has 4 nitrogen and oxygen atoms in total. The van der Waals surface area contributed by atoms with Crippen LogP contribution in [0.5, 0.6) is 5.75 Å². The quantitative estimate of drug-likeness (QED) is 0.592. The van der Waals surface area contributed by atoms with E-state index in [0.717, 1.165) is 17.1 Å². The Labute approximate surface area is 165 Å². The first-order valence-electron chi connectivity index (χ1n) is 9.37. The van der Waals surface area contributed by atoms with Crippen LogP contribution in [0.15, 0.2) is 65.3 Å². The van der Waals surface area contributed by atoms with Crippen molar-refractivity contribution in [3.05, 3.63) is 89.1 Å². The van der Waals surface area contributed by atoms with E-state index in [1.165, 1.54) is 11.6 Å². The van der Waals surface area contributed by atoms with Gasteiger partial charge in [-0.25, -0.2) is 4.39 Å². The fourth-order valence-electron chi connectivity index (χ4n) is 3.02. The highest BCUT2D eigenvalue weighted by Crippen LogP contribution is 2.17. The third kappa shape index (κ3) is 5.68. The van der Waals surface area contributed by atoms with Crippen molar-refractivity contribution < 1.29 is 18.7 Å². The number of ether oxygens (including phenoxy) is 1. The van der Waals surface area contributed by atoms with Gasteiger partial charge in [-0.2, -0.15) is 0 Å². The Balaban J connectivity index is 1.62. The molecular weight excluding hydrogens is 357 g/mol. The van der Waals surface area contributed by atoms with Gasteiger partial charge in [-0.15, -0.1) is 0 Å². The smallest absolute Gasteiger partial charge is 0.127 e. The zero-order valence-corrected chi connectivity index (χ0v) is 16.3. The third-order valence-electron chi connectivity index (χ3n) is 4.70. The van der Waals surface area contributed by atoms with E-state index < -0.39 is 6.10 Å². The molecule has 0 saturated carbocycles. The number of aliphatic hydroxyl groups is 1. The summed E-state index contributed by atoms with van der Waals surface area (Å²) in [6.07, 6.45) is 0.888. The summed E-state index contributed by atoms with van der Waals surface area (Å²) in [4.78, 5) is 1.95. The fraction of sp³-hybridized carbons (Fsp3) is 0.304. The lowest BCUT2D eigenvalue weighted by Gasteiger charge is -2.24. The van der Waals surface area contributed by atoms with Crippen molar-refractivity contribution in [3.8, 4) is 5.75 Å². The summed E-state index contributed by atoms with van der Waals surface area (Å²) in [6.45, 7) is 5.41. The standard InChI is InChI=1S/C23H26FNO3/c1-17-9-10-21(12-18(17)2)28-16-20(26)14-25(15-22-7-5-11-27-22)13-19-6-3-4-8-23(19)24/h3-12,20,26H,13-16H2,1-2H3. The first-order chi connectivity index (χ1) is 13.5. The Bertz CT molecular complexity index is 879. The number of benzene rings is 2. The zero-order chi connectivity index (χ0) is 19.9. The molecule has 0 amide bonds. The maximum absolute atomic E-state index is 14.1. The van der Waals surface area contributed by atoms with Gasteiger partial charge in [0.15, 0.2) is 0 Å². The molecule has 5 heteroatoms. The van der Waals surface area contributed by atoms with Crippen LogP contribution >= 0.6 is 0 Å². The Morgan fingerprint density at radius 1 is 1.04 bits per heavy atom. The molecule has 0 bridgehead atoms. The van der Waals surface area contributed by atoms with Crippen molar-refractivity contribution >= 4 is 0 Å². The van der Waals surface area contributed by atoms with Gasteiger partial charge in [0.2, 0.25) is 0 Å². The Hall–Kier alpha value is -2.63. The van der Waals surface area contributed by atoms with Gasteiger partial charge in [0, 0.05) is 18.7 Å². The molecule has 0 fully saturated rings. The predicted molar refractivity (Wildman–Crippen MR) is 107 cm³/mol. The highest BCUT2D eigenvalue weighted by atomic mass is 19.1. The summed E-state index contributed by atoms with van der Waals surface area (Å²) in [5.41, 5.74) is 2.92. The summed E-state index contributed by atoms with van der Waals surface area (Å²) in [5.74, 6) is 1.24. The normalized spacial score (nSPS) is 12.3. The van der Waals surface area contributed by atoms with Crippen LogP contribution in [0.4, 0.5) is 4.39 Å². The molecule has 1 aromatic heterocycles. The molecule has 0 spiro atoms. The van der Waals surface area contributed by atoms with Crippen molar-refractivity contribution in [1.29, 1.82) is 0 Å². The molecule has 3 aromatic rings. The summed E-state index contributed by atoms with van der Waals surface area (Å²) in [7, 11) is 0. The molecule has 0 saturated heterocycles. The van der Waals surface area contributed by atoms with Crippen LogP contribution in [0.25, 0.3) is 0 Å². The number of hydrogen-bond acceptors (Lipinski definition) is 4. The van der Waals surface area contributed by atoms with E-state index in [0.29, 0.717) is 25.2 Å². The first kappa shape index (κ1) is 20.1. The van der Waals surface area contributed by atoms with E-state index in [1.807, 2.05) is 55.1 Å². The highest BCUT2D eigenvalue weighted by molar-refractivity contribution is 5.33. The molecule has 1 atom stereocenters. The van der Waals surface area contributed by atoms with Crippen LogP contribution in [0.3, 0.4) is 0 Å². The molecule has 1 unspecified atom stereocenters. The average Bonchev–Trinajstić information content (AvgIpc) is 3.17. The van der Waals surface area contributed by atoms with E-state index in [-0.39, 0.29) is 12.4 Å². The molecule has 3 rings (SSSR count). The van der Waals surface area contributed by atoms with Crippen molar-refractivity contribution in [1.82, 2.24) is 4.90 Å². The molecule has 0 aliphatic carbocycles. The molecular formula is C23H26FNO3. The minimum Gasteiger partial charge on any atom is -0.491 e. The highest BCUT2D eigenvalue weighted by Gasteiger charge is 2.16. The van der Waals surface area contributed by atoms with E-state index in [4.69, 9.17) is 9.15 Å². The van der Waals surface area contributed by atoms with Gasteiger partial charge < -0.3 is 14.3 Å². The summed E-state index contributed by atoms with van der Waals surface area (Å²) >= 11 is 0. The zero-order valence-electron chi connectivity index (χ0n) is 16.3. The van der Waals surface area contributed by atoms with Crippen molar-refractivity contribution in [2.75, 3.05) is 13.2 Å². The van der Waals surface area contributed by atoms with Crippen LogP contribution in [0.1, 0.15) is 22.5 Å². The third-order valence-corrected chi connectivity index (χ3v) is 4.70. The number of aryl methyl sites for hydroxylation is 2.